The highest BCUT2D eigenvalue weighted by Crippen LogP contribution is 2.23. The summed E-state index contributed by atoms with van der Waals surface area (Å²) in [5, 5.41) is 2.81. The fraction of sp³-hybridized carbons (Fsp3) is 0.316. The maximum atomic E-state index is 12.5. The molecule has 5 nitrogen and oxygen atoms in total. The van der Waals surface area contributed by atoms with E-state index < -0.39 is 16.1 Å². The van der Waals surface area contributed by atoms with Crippen LogP contribution in [0, 0.1) is 13.8 Å². The summed E-state index contributed by atoms with van der Waals surface area (Å²) < 4.78 is 25.8. The van der Waals surface area contributed by atoms with Gasteiger partial charge in [0.2, 0.25) is 15.9 Å². The summed E-state index contributed by atoms with van der Waals surface area (Å²) in [5.41, 5.74) is 3.35. The average Bonchev–Trinajstić information content (AvgIpc) is 2.51. The quantitative estimate of drug-likeness (QED) is 0.861. The van der Waals surface area contributed by atoms with E-state index in [-0.39, 0.29) is 5.91 Å². The first-order valence-corrected chi connectivity index (χ1v) is 9.92. The zero-order valence-electron chi connectivity index (χ0n) is 15.0. The van der Waals surface area contributed by atoms with Crippen molar-refractivity contribution in [1.82, 2.24) is 5.32 Å². The fourth-order valence-corrected chi connectivity index (χ4v) is 3.98. The number of hydrogen-bond donors (Lipinski definition) is 1. The van der Waals surface area contributed by atoms with Crippen LogP contribution in [0.4, 0.5) is 5.69 Å². The Morgan fingerprint density at radius 1 is 1.08 bits per heavy atom. The molecule has 0 radical (unpaired) electrons. The Labute approximate surface area is 149 Å². The van der Waals surface area contributed by atoms with Crippen LogP contribution in [0.15, 0.2) is 48.5 Å². The zero-order chi connectivity index (χ0) is 18.6. The van der Waals surface area contributed by atoms with E-state index in [1.54, 1.807) is 19.1 Å². The van der Waals surface area contributed by atoms with Gasteiger partial charge < -0.3 is 5.32 Å². The lowest BCUT2D eigenvalue weighted by Gasteiger charge is -2.28. The first-order chi connectivity index (χ1) is 11.7. The van der Waals surface area contributed by atoms with Gasteiger partial charge in [0.25, 0.3) is 0 Å². The molecule has 0 aliphatic rings. The number of benzene rings is 2. The minimum Gasteiger partial charge on any atom is -0.350 e. The highest BCUT2D eigenvalue weighted by molar-refractivity contribution is 7.92. The number of amides is 1. The minimum absolute atomic E-state index is 0.339. The molecule has 0 aliphatic heterocycles. The number of nitrogens with one attached hydrogen (secondary N) is 1. The molecule has 1 atom stereocenters. The second kappa shape index (κ2) is 7.70. The van der Waals surface area contributed by atoms with E-state index in [9.17, 15) is 13.2 Å². The maximum Gasteiger partial charge on any atom is 0.243 e. The molecule has 1 amide bonds. The van der Waals surface area contributed by atoms with Crippen molar-refractivity contribution in [2.45, 2.75) is 33.4 Å². The van der Waals surface area contributed by atoms with Gasteiger partial charge >= 0.3 is 0 Å². The fourth-order valence-electron chi connectivity index (χ4n) is 2.82. The first kappa shape index (κ1) is 19.0. The van der Waals surface area contributed by atoms with Gasteiger partial charge in [0.15, 0.2) is 0 Å². The molecule has 0 fully saturated rings. The van der Waals surface area contributed by atoms with Crippen molar-refractivity contribution in [3.8, 4) is 0 Å². The Morgan fingerprint density at radius 2 is 1.64 bits per heavy atom. The van der Waals surface area contributed by atoms with Crippen molar-refractivity contribution in [2.24, 2.45) is 0 Å². The molecule has 6 heteroatoms. The van der Waals surface area contributed by atoms with Crippen molar-refractivity contribution in [2.75, 3.05) is 10.6 Å². The normalized spacial score (nSPS) is 12.5. The van der Waals surface area contributed by atoms with Crippen LogP contribution in [0.25, 0.3) is 0 Å². The van der Waals surface area contributed by atoms with Crippen LogP contribution in [-0.2, 0) is 21.4 Å². The lowest BCUT2D eigenvalue weighted by Crippen LogP contribution is -2.47. The Kier molecular flexibility index (Phi) is 5.85. The summed E-state index contributed by atoms with van der Waals surface area (Å²) in [6, 6.07) is 14.2. The average molecular weight is 360 g/mol. The molecule has 0 heterocycles. The van der Waals surface area contributed by atoms with Crippen LogP contribution >= 0.6 is 0 Å². The van der Waals surface area contributed by atoms with E-state index in [0.717, 1.165) is 22.9 Å². The smallest absolute Gasteiger partial charge is 0.243 e. The molecule has 0 aliphatic carbocycles. The number of rotatable bonds is 6. The first-order valence-electron chi connectivity index (χ1n) is 8.08. The van der Waals surface area contributed by atoms with Crippen LogP contribution in [0.2, 0.25) is 0 Å². The lowest BCUT2D eigenvalue weighted by molar-refractivity contribution is -0.122. The summed E-state index contributed by atoms with van der Waals surface area (Å²) in [4.78, 5) is 12.5. The third kappa shape index (κ3) is 5.06. The van der Waals surface area contributed by atoms with E-state index in [0.29, 0.717) is 12.2 Å². The van der Waals surface area contributed by atoms with Gasteiger partial charge in [-0.15, -0.1) is 0 Å². The van der Waals surface area contributed by atoms with Gasteiger partial charge in [0.1, 0.15) is 6.04 Å². The summed E-state index contributed by atoms with van der Waals surface area (Å²) in [7, 11) is -3.61. The second-order valence-electron chi connectivity index (χ2n) is 6.28. The number of aryl methyl sites for hydroxylation is 2. The summed E-state index contributed by atoms with van der Waals surface area (Å²) >= 11 is 0. The molecular formula is C19H24N2O3S. The van der Waals surface area contributed by atoms with Crippen LogP contribution < -0.4 is 9.62 Å². The number of carbonyl (C=O) groups excluding carboxylic acids is 1. The lowest BCUT2D eigenvalue weighted by atomic mass is 10.1. The third-order valence-corrected chi connectivity index (χ3v) is 5.10. The molecule has 25 heavy (non-hydrogen) atoms. The van der Waals surface area contributed by atoms with E-state index in [1.165, 1.54) is 4.31 Å². The summed E-state index contributed by atoms with van der Waals surface area (Å²) in [5.74, 6) is -0.339. The van der Waals surface area contributed by atoms with E-state index in [2.05, 4.69) is 5.32 Å². The van der Waals surface area contributed by atoms with Crippen LogP contribution in [0.1, 0.15) is 23.6 Å². The van der Waals surface area contributed by atoms with E-state index in [1.807, 2.05) is 50.2 Å². The zero-order valence-corrected chi connectivity index (χ0v) is 15.8. The molecule has 2 rings (SSSR count). The molecule has 2 aromatic rings. The number of anilines is 1. The minimum atomic E-state index is -3.61. The van der Waals surface area contributed by atoms with Crippen molar-refractivity contribution < 1.29 is 13.2 Å². The van der Waals surface area contributed by atoms with Crippen LogP contribution in [0.5, 0.6) is 0 Å². The molecule has 1 N–H and O–H groups in total. The molecule has 0 aromatic heterocycles. The molecule has 0 saturated carbocycles. The Hall–Kier alpha value is -2.34. The molecule has 0 bridgehead atoms. The Bertz CT molecular complexity index is 828. The molecule has 0 spiro atoms. The van der Waals surface area contributed by atoms with Crippen molar-refractivity contribution >= 4 is 21.6 Å². The van der Waals surface area contributed by atoms with Gasteiger partial charge in [-0.3, -0.25) is 9.10 Å². The number of hydrogen-bond acceptors (Lipinski definition) is 3. The van der Waals surface area contributed by atoms with Gasteiger partial charge in [-0.1, -0.05) is 36.4 Å². The van der Waals surface area contributed by atoms with E-state index >= 15 is 0 Å². The molecule has 134 valence electrons. The topological polar surface area (TPSA) is 66.5 Å². The standard InChI is InChI=1S/C19H24N2O3S/c1-14-10-15(2)12-18(11-14)21(25(4,23)24)16(3)19(22)20-13-17-8-6-5-7-9-17/h5-12,16H,13H2,1-4H3,(H,20,22)/t16-/m1/s1. The van der Waals surface area contributed by atoms with Gasteiger partial charge in [0.05, 0.1) is 11.9 Å². The van der Waals surface area contributed by atoms with Crippen molar-refractivity contribution in [3.63, 3.8) is 0 Å². The molecule has 0 unspecified atom stereocenters. The molecule has 2 aromatic carbocycles. The van der Waals surface area contributed by atoms with Crippen molar-refractivity contribution in [1.29, 1.82) is 0 Å². The largest absolute Gasteiger partial charge is 0.350 e. The predicted molar refractivity (Wildman–Crippen MR) is 101 cm³/mol. The Morgan fingerprint density at radius 3 is 2.16 bits per heavy atom. The summed E-state index contributed by atoms with van der Waals surface area (Å²) in [6.07, 6.45) is 1.12. The molecular weight excluding hydrogens is 336 g/mol. The number of sulfonamides is 1. The van der Waals surface area contributed by atoms with Crippen LogP contribution in [-0.4, -0.2) is 26.6 Å². The second-order valence-corrected chi connectivity index (χ2v) is 8.14. The van der Waals surface area contributed by atoms with E-state index in [4.69, 9.17) is 0 Å². The third-order valence-electron chi connectivity index (χ3n) is 3.86. The van der Waals surface area contributed by atoms with Crippen LogP contribution in [0.3, 0.4) is 0 Å². The highest BCUT2D eigenvalue weighted by atomic mass is 32.2. The van der Waals surface area contributed by atoms with Gasteiger partial charge in [0, 0.05) is 6.54 Å². The predicted octanol–water partition coefficient (Wildman–Crippen LogP) is 2.77. The summed E-state index contributed by atoms with van der Waals surface area (Å²) in [6.45, 7) is 5.75. The van der Waals surface area contributed by atoms with Gasteiger partial charge in [-0.2, -0.15) is 0 Å². The van der Waals surface area contributed by atoms with Crippen molar-refractivity contribution in [3.05, 3.63) is 65.2 Å². The highest BCUT2D eigenvalue weighted by Gasteiger charge is 2.29. The number of nitrogens with zero attached hydrogens (tertiary/aromatic N) is 1. The van der Waals surface area contributed by atoms with Gasteiger partial charge in [-0.25, -0.2) is 8.42 Å². The Balaban J connectivity index is 2.24. The SMILES string of the molecule is Cc1cc(C)cc(N([C@H](C)C(=O)NCc2ccccc2)S(C)(=O)=O)c1. The monoisotopic (exact) mass is 360 g/mol. The molecule has 0 saturated heterocycles. The number of carbonyl (C=O) groups is 1. The van der Waals surface area contributed by atoms with Gasteiger partial charge in [-0.05, 0) is 49.6 Å². The maximum absolute atomic E-state index is 12.5.